The van der Waals surface area contributed by atoms with Crippen LogP contribution in [0, 0.1) is 0 Å². The van der Waals surface area contributed by atoms with Crippen molar-refractivity contribution in [2.45, 2.75) is 0 Å². The Hall–Kier alpha value is -5.92. The van der Waals surface area contributed by atoms with E-state index in [-0.39, 0.29) is 44.2 Å². The number of ether oxygens (including phenoxy) is 1. The maximum atomic E-state index is 9.78. The lowest BCUT2D eigenvalue weighted by atomic mass is 9.86. The highest BCUT2D eigenvalue weighted by Gasteiger charge is 2.21. The zero-order chi connectivity index (χ0) is 48.6. The second-order valence-electron chi connectivity index (χ2n) is 10.3. The van der Waals surface area contributed by atoms with E-state index < -0.39 is 188 Å². The van der Waals surface area contributed by atoms with Crippen molar-refractivity contribution in [3.63, 3.8) is 0 Å². The number of hydrogen-bond donors (Lipinski definition) is 0. The molecule has 0 aromatic heterocycles. The number of hydrogen-bond acceptors (Lipinski definition) is 1. The van der Waals surface area contributed by atoms with E-state index in [1.807, 2.05) is 0 Å². The molecule has 1 heteroatoms. The highest BCUT2D eigenvalue weighted by Crippen LogP contribution is 2.48. The van der Waals surface area contributed by atoms with Crippen LogP contribution in [0.4, 0.5) is 0 Å². The van der Waals surface area contributed by atoms with Crippen LogP contribution < -0.4 is 4.74 Å². The summed E-state index contributed by atoms with van der Waals surface area (Å²) in [6.07, 6.45) is 0. The summed E-state index contributed by atoms with van der Waals surface area (Å²) in [4.78, 5) is 0. The molecule has 0 unspecified atom stereocenters. The minimum absolute atomic E-state index is 0.00961. The van der Waals surface area contributed by atoms with Crippen LogP contribution in [0.15, 0.2) is 157 Å². The SMILES string of the molecule is [2H]c1c([2H])c([2H])c(-c2c([2H])c([2H])c3c([2H])c([2H])c4c(-c5c([2H])c([2H])c([2H])c(-c6c([2H])c7c8c(c([2H])c([2H])c([2H])c8c6[2H])Oc6ccccc6-7)c5[2H])c([2H])c([2H])c5c([2H])c([2H])c2c3c54)c([2H])c1[2H]. The van der Waals surface area contributed by atoms with Gasteiger partial charge in [-0.1, -0.05) is 127 Å². The van der Waals surface area contributed by atoms with Crippen LogP contribution in [0.5, 0.6) is 11.5 Å². The van der Waals surface area contributed by atoms with Gasteiger partial charge in [-0.25, -0.2) is 0 Å². The molecule has 0 bridgehead atoms. The molecule has 0 amide bonds. The third kappa shape index (κ3) is 3.62. The molecule has 0 saturated carbocycles. The Morgan fingerprint density at radius 1 is 0.378 bits per heavy atom. The van der Waals surface area contributed by atoms with Gasteiger partial charge in [-0.2, -0.15) is 0 Å². The largest absolute Gasteiger partial charge is 0.456 e. The lowest BCUT2D eigenvalue weighted by Crippen LogP contribution is -1.97. The predicted molar refractivity (Wildman–Crippen MR) is 189 cm³/mol. The summed E-state index contributed by atoms with van der Waals surface area (Å²) in [5.74, 6) is -0.0619. The van der Waals surface area contributed by atoms with Gasteiger partial charge in [-0.05, 0) is 107 Å². The highest BCUT2D eigenvalue weighted by atomic mass is 16.5. The minimum Gasteiger partial charge on any atom is -0.456 e. The summed E-state index contributed by atoms with van der Waals surface area (Å²) in [5, 5.41) is -2.89. The van der Waals surface area contributed by atoms with E-state index in [2.05, 4.69) is 0 Å². The van der Waals surface area contributed by atoms with E-state index in [0.717, 1.165) is 0 Å². The highest BCUT2D eigenvalue weighted by molar-refractivity contribution is 6.27. The topological polar surface area (TPSA) is 9.23 Å². The summed E-state index contributed by atoms with van der Waals surface area (Å²) in [6, 6.07) is -10.6. The molecule has 0 radical (unpaired) electrons. The standard InChI is InChI=1S/C44H26O/c1-2-8-27(9-3-1)34-20-16-28-19-23-38-35(21-17-29-18-22-37(34)43(28)44(29)38)31-11-6-10-30(24-31)33-25-32-12-7-15-41-42(32)39(26-33)36-13-4-5-14-40(36)45-41/h1-26H/i1D,2D,3D,6D,7D,8D,9D,10D,11D,12D,15D,16D,17D,18D,19D,20D,21D,22D,23D,24D,25D,26D. The molecule has 0 spiro atoms. The van der Waals surface area contributed by atoms with E-state index in [9.17, 15) is 15.1 Å². The van der Waals surface area contributed by atoms with Gasteiger partial charge in [0.05, 0.1) is 30.2 Å². The molecule has 9 aromatic rings. The molecule has 0 fully saturated rings. The van der Waals surface area contributed by atoms with Crippen molar-refractivity contribution in [1.82, 2.24) is 0 Å². The van der Waals surface area contributed by atoms with Crippen molar-refractivity contribution in [3.8, 4) is 56.0 Å². The van der Waals surface area contributed by atoms with Gasteiger partial charge in [0.1, 0.15) is 11.5 Å². The summed E-state index contributed by atoms with van der Waals surface area (Å²) >= 11 is 0. The molecule has 0 saturated heterocycles. The van der Waals surface area contributed by atoms with Crippen molar-refractivity contribution in [1.29, 1.82) is 0 Å². The average molecular weight is 593 g/mol. The summed E-state index contributed by atoms with van der Waals surface area (Å²) < 4.78 is 205. The molecule has 1 aliphatic rings. The molecule has 0 aliphatic carbocycles. The molecule has 1 aliphatic heterocycles. The molecule has 0 atom stereocenters. The van der Waals surface area contributed by atoms with E-state index in [1.54, 1.807) is 18.2 Å². The van der Waals surface area contributed by atoms with Gasteiger partial charge in [0, 0.05) is 10.9 Å². The molecule has 0 N–H and O–H groups in total. The third-order valence-electron chi connectivity index (χ3n) is 7.83. The molecule has 9 aromatic carbocycles. The van der Waals surface area contributed by atoms with Gasteiger partial charge >= 0.3 is 0 Å². The second kappa shape index (κ2) is 9.29. The Kier molecular flexibility index (Phi) is 2.38. The molecule has 10 rings (SSSR count). The smallest absolute Gasteiger partial charge is 0.135 e. The van der Waals surface area contributed by atoms with Gasteiger partial charge in [0.25, 0.3) is 0 Å². The van der Waals surface area contributed by atoms with E-state index in [4.69, 9.17) is 19.8 Å². The Morgan fingerprint density at radius 2 is 1.04 bits per heavy atom. The first-order valence-electron chi connectivity index (χ1n) is 24.7. The van der Waals surface area contributed by atoms with Crippen LogP contribution in [0.2, 0.25) is 0 Å². The van der Waals surface area contributed by atoms with Gasteiger partial charge in [0.2, 0.25) is 0 Å². The summed E-state index contributed by atoms with van der Waals surface area (Å²) in [7, 11) is 0. The van der Waals surface area contributed by atoms with Crippen molar-refractivity contribution in [2.24, 2.45) is 0 Å². The van der Waals surface area contributed by atoms with E-state index in [1.165, 1.54) is 6.07 Å². The number of rotatable bonds is 3. The van der Waals surface area contributed by atoms with Crippen LogP contribution in [-0.4, -0.2) is 0 Å². The number of para-hydroxylation sites is 1. The zero-order valence-corrected chi connectivity index (χ0v) is 22.7. The van der Waals surface area contributed by atoms with Gasteiger partial charge < -0.3 is 4.74 Å². The Labute approximate surface area is 291 Å². The molecule has 1 nitrogen and oxygen atoms in total. The predicted octanol–water partition coefficient (Wildman–Crippen LogP) is 12.5. The van der Waals surface area contributed by atoms with Crippen LogP contribution in [0.1, 0.15) is 30.2 Å². The molecular weight excluding hydrogens is 544 g/mol. The normalized spacial score (nSPS) is 19.0. The fourth-order valence-electron chi connectivity index (χ4n) is 5.87. The zero-order valence-electron chi connectivity index (χ0n) is 44.7. The molecule has 1 heterocycles. The second-order valence-corrected chi connectivity index (χ2v) is 10.3. The third-order valence-corrected chi connectivity index (χ3v) is 7.83. The first-order valence-corrected chi connectivity index (χ1v) is 13.7. The maximum Gasteiger partial charge on any atom is 0.135 e. The quantitative estimate of drug-likeness (QED) is 0.185. The van der Waals surface area contributed by atoms with Crippen molar-refractivity contribution in [2.75, 3.05) is 0 Å². The molecular formula is C44H26O. The number of fused-ring (bicyclic) bond motifs is 2. The summed E-state index contributed by atoms with van der Waals surface area (Å²) in [5.41, 5.74) is -3.36. The van der Waals surface area contributed by atoms with Gasteiger partial charge in [0.15, 0.2) is 0 Å². The van der Waals surface area contributed by atoms with Crippen LogP contribution >= 0.6 is 0 Å². The van der Waals surface area contributed by atoms with Crippen molar-refractivity contribution < 1.29 is 34.9 Å². The fourth-order valence-corrected chi connectivity index (χ4v) is 5.87. The summed E-state index contributed by atoms with van der Waals surface area (Å²) in [6.45, 7) is 0. The van der Waals surface area contributed by atoms with Crippen LogP contribution in [0.3, 0.4) is 0 Å². The Bertz CT molecular complexity index is 3830. The first-order chi connectivity index (χ1) is 31.5. The van der Waals surface area contributed by atoms with E-state index >= 15 is 0 Å². The van der Waals surface area contributed by atoms with Crippen LogP contribution in [-0.2, 0) is 0 Å². The number of benzene rings is 9. The molecule has 208 valence electrons. The lowest BCUT2D eigenvalue weighted by molar-refractivity contribution is 0.487. The van der Waals surface area contributed by atoms with Crippen molar-refractivity contribution in [3.05, 3.63) is 157 Å². The lowest BCUT2D eigenvalue weighted by Gasteiger charge is -2.22. The fraction of sp³-hybridized carbons (Fsp3) is 0. The maximum absolute atomic E-state index is 9.78. The Morgan fingerprint density at radius 3 is 1.84 bits per heavy atom. The van der Waals surface area contributed by atoms with Gasteiger partial charge in [-0.3, -0.25) is 0 Å². The van der Waals surface area contributed by atoms with Gasteiger partial charge in [-0.15, -0.1) is 0 Å². The molecule has 45 heavy (non-hydrogen) atoms. The van der Waals surface area contributed by atoms with Crippen molar-refractivity contribution >= 4 is 43.1 Å². The minimum atomic E-state index is -0.911. The Balaban J connectivity index is 1.42. The van der Waals surface area contributed by atoms with E-state index in [0.29, 0.717) is 0 Å². The van der Waals surface area contributed by atoms with Crippen LogP contribution in [0.25, 0.3) is 87.6 Å². The average Bonchev–Trinajstić information content (AvgIpc) is 3.30. The monoisotopic (exact) mass is 592 g/mol. The first kappa shape index (κ1) is 11.5.